The molecular weight excluding hydrogens is 642 g/mol. The molecule has 2 aromatic carbocycles. The molecule has 1 aliphatic rings. The van der Waals surface area contributed by atoms with Crippen molar-refractivity contribution in [2.45, 2.75) is 102 Å². The van der Waals surface area contributed by atoms with Gasteiger partial charge in [0.2, 0.25) is 0 Å². The van der Waals surface area contributed by atoms with Crippen molar-refractivity contribution in [1.82, 2.24) is 4.90 Å². The number of allylic oxidation sites excluding steroid dienone is 4. The van der Waals surface area contributed by atoms with Crippen LogP contribution in [0.5, 0.6) is 11.5 Å². The first-order valence-electron chi connectivity index (χ1n) is 17.9. The van der Waals surface area contributed by atoms with Crippen LogP contribution in [0.15, 0.2) is 69.9 Å². The molecule has 3 aromatic rings. The van der Waals surface area contributed by atoms with Crippen LogP contribution in [0.25, 0.3) is 22.3 Å². The third-order valence-electron chi connectivity index (χ3n) is 9.08. The van der Waals surface area contributed by atoms with E-state index in [1.54, 1.807) is 24.3 Å². The van der Waals surface area contributed by atoms with Gasteiger partial charge in [0, 0.05) is 35.7 Å². The number of benzene rings is 2. The van der Waals surface area contributed by atoms with Crippen molar-refractivity contribution in [2.24, 2.45) is 0 Å². The molecule has 0 spiro atoms. The summed E-state index contributed by atoms with van der Waals surface area (Å²) in [7, 11) is 1.92. The Morgan fingerprint density at radius 1 is 0.959 bits per heavy atom. The molecule has 4 rings (SSSR count). The minimum absolute atomic E-state index is 0.0396. The maximum absolute atomic E-state index is 13.2. The smallest absolute Gasteiger partial charge is 0.507 e. The highest BCUT2D eigenvalue weighted by Gasteiger charge is 2.37. The summed E-state index contributed by atoms with van der Waals surface area (Å²) in [5.41, 5.74) is 0.362. The predicted octanol–water partition coefficient (Wildman–Crippen LogP) is 10.3. The van der Waals surface area contributed by atoms with E-state index in [1.807, 2.05) is 11.9 Å². The maximum atomic E-state index is 13.2. The van der Waals surface area contributed by atoms with Gasteiger partial charge in [-0.15, -0.1) is 0 Å². The molecule has 1 unspecified atom stereocenters. The van der Waals surface area contributed by atoms with Crippen molar-refractivity contribution in [3.8, 4) is 22.8 Å². The first kappa shape index (κ1) is 38.1. The molecule has 8 nitrogen and oxygen atoms in total. The summed E-state index contributed by atoms with van der Waals surface area (Å²) >= 11 is 6.39. The Balaban J connectivity index is 1.27. The van der Waals surface area contributed by atoms with Gasteiger partial charge < -0.3 is 29.0 Å². The number of nitrogens with zero attached hydrogens (tertiary/aromatic N) is 1. The Labute approximate surface area is 295 Å². The predicted molar refractivity (Wildman–Crippen MR) is 197 cm³/mol. The first-order valence-corrected chi connectivity index (χ1v) is 18.3. The van der Waals surface area contributed by atoms with Gasteiger partial charge in [0.15, 0.2) is 5.43 Å². The number of likely N-dealkylation sites (tertiary alicyclic amines) is 1. The number of hydrogen-bond donors (Lipinski definition) is 2. The molecule has 2 atom stereocenters. The maximum Gasteiger partial charge on any atom is 0.508 e. The standard InChI is InChI=1S/C40H52ClNO7/c1-3-4-5-6-7-8-9-10-11-12-13-14-15-16-17-20-25-47-40(46)49-36-28-42(2)24-23-30(36)37-32(43)26-33(44)38-34(45)27-35(48-39(37)38)29-21-18-19-22-31(29)41/h7-8,10-11,18-19,21-22,26-27,30,36,43-44H,3-6,9,12-17,20,23-25,28H2,1-2H3/b8-7-,11-10-/t30?,36-/m0/s1. The van der Waals surface area contributed by atoms with Gasteiger partial charge in [-0.25, -0.2) is 4.79 Å². The van der Waals surface area contributed by atoms with Crippen molar-refractivity contribution in [2.75, 3.05) is 26.7 Å². The highest BCUT2D eigenvalue weighted by atomic mass is 35.5. The molecule has 2 N–H and O–H groups in total. The largest absolute Gasteiger partial charge is 0.508 e. The molecule has 1 saturated heterocycles. The summed E-state index contributed by atoms with van der Waals surface area (Å²) in [5.74, 6) is -0.957. The monoisotopic (exact) mass is 693 g/mol. The number of unbranched alkanes of at least 4 members (excludes halogenated alkanes) is 9. The molecule has 1 aromatic heterocycles. The number of phenols is 2. The number of fused-ring (bicyclic) bond motifs is 1. The highest BCUT2D eigenvalue weighted by Crippen LogP contribution is 2.43. The summed E-state index contributed by atoms with van der Waals surface area (Å²) in [6.07, 6.45) is 21.7. The fourth-order valence-electron chi connectivity index (χ4n) is 6.40. The molecule has 0 amide bonds. The topological polar surface area (TPSA) is 109 Å². The van der Waals surface area contributed by atoms with Gasteiger partial charge in [-0.05, 0) is 70.7 Å². The van der Waals surface area contributed by atoms with E-state index in [1.165, 1.54) is 44.6 Å². The number of phenolic OH excluding ortho intramolecular Hbond substituents is 2. The van der Waals surface area contributed by atoms with E-state index < -0.39 is 29.4 Å². The number of aromatic hydroxyl groups is 2. The van der Waals surface area contributed by atoms with E-state index in [2.05, 4.69) is 31.2 Å². The van der Waals surface area contributed by atoms with Crippen LogP contribution in [0.3, 0.4) is 0 Å². The molecule has 266 valence electrons. The first-order chi connectivity index (χ1) is 23.8. The average Bonchev–Trinajstić information content (AvgIpc) is 3.07. The quantitative estimate of drug-likeness (QED) is 0.0770. The van der Waals surface area contributed by atoms with Crippen LogP contribution >= 0.6 is 11.6 Å². The molecule has 0 saturated carbocycles. The average molecular weight is 694 g/mol. The van der Waals surface area contributed by atoms with Gasteiger partial charge in [-0.3, -0.25) is 4.79 Å². The Morgan fingerprint density at radius 2 is 1.65 bits per heavy atom. The van der Waals surface area contributed by atoms with Crippen molar-refractivity contribution < 1.29 is 28.9 Å². The zero-order valence-electron chi connectivity index (χ0n) is 29.0. The molecule has 0 radical (unpaired) electrons. The lowest BCUT2D eigenvalue weighted by molar-refractivity contribution is -0.0114. The van der Waals surface area contributed by atoms with E-state index >= 15 is 0 Å². The highest BCUT2D eigenvalue weighted by molar-refractivity contribution is 6.33. The summed E-state index contributed by atoms with van der Waals surface area (Å²) < 4.78 is 17.5. The van der Waals surface area contributed by atoms with Gasteiger partial charge >= 0.3 is 6.16 Å². The molecule has 9 heteroatoms. The zero-order valence-corrected chi connectivity index (χ0v) is 29.8. The number of carbonyl (C=O) groups is 1. The molecule has 0 aliphatic carbocycles. The van der Waals surface area contributed by atoms with Gasteiger partial charge in [0.1, 0.15) is 34.3 Å². The fourth-order valence-corrected chi connectivity index (χ4v) is 6.63. The second-order valence-electron chi connectivity index (χ2n) is 13.0. The molecular formula is C40H52ClNO7. The normalized spacial score (nSPS) is 17.0. The lowest BCUT2D eigenvalue weighted by Crippen LogP contribution is -2.43. The van der Waals surface area contributed by atoms with E-state index in [4.69, 9.17) is 25.5 Å². The summed E-state index contributed by atoms with van der Waals surface area (Å²) in [5, 5.41) is 22.1. The van der Waals surface area contributed by atoms with Crippen LogP contribution < -0.4 is 5.43 Å². The van der Waals surface area contributed by atoms with Gasteiger partial charge in [-0.2, -0.15) is 0 Å². The third-order valence-corrected chi connectivity index (χ3v) is 9.41. The Hall–Kier alpha value is -3.75. The van der Waals surface area contributed by atoms with E-state index in [-0.39, 0.29) is 29.1 Å². The SMILES string of the molecule is CCCCC/C=C\C/C=C\CCCCCCCCOC(=O)O[C@H]1CN(C)CCC1c1c(O)cc(O)c2c(=O)cc(-c3ccccc3Cl)oc12. The minimum Gasteiger partial charge on any atom is -0.507 e. The van der Waals surface area contributed by atoms with Gasteiger partial charge in [0.25, 0.3) is 0 Å². The van der Waals surface area contributed by atoms with Crippen LogP contribution in [0.1, 0.15) is 102 Å². The second kappa shape index (κ2) is 20.1. The van der Waals surface area contributed by atoms with Gasteiger partial charge in [-0.1, -0.05) is 93.5 Å². The molecule has 1 fully saturated rings. The van der Waals surface area contributed by atoms with Crippen molar-refractivity contribution in [3.63, 3.8) is 0 Å². The van der Waals surface area contributed by atoms with Gasteiger partial charge in [0.05, 0.1) is 11.6 Å². The van der Waals surface area contributed by atoms with E-state index in [0.717, 1.165) is 44.6 Å². The Kier molecular flexibility index (Phi) is 15.6. The number of carbonyl (C=O) groups excluding carboxylic acids is 1. The van der Waals surface area contributed by atoms with E-state index in [0.29, 0.717) is 35.7 Å². The van der Waals surface area contributed by atoms with E-state index in [9.17, 15) is 19.8 Å². The number of hydrogen-bond acceptors (Lipinski definition) is 8. The minimum atomic E-state index is -0.770. The summed E-state index contributed by atoms with van der Waals surface area (Å²) in [6, 6.07) is 9.37. The van der Waals surface area contributed by atoms with Crippen molar-refractivity contribution in [1.29, 1.82) is 0 Å². The zero-order chi connectivity index (χ0) is 35.0. The van der Waals surface area contributed by atoms with Crippen molar-refractivity contribution >= 4 is 28.7 Å². The van der Waals surface area contributed by atoms with Crippen LogP contribution in [0.4, 0.5) is 4.79 Å². The lowest BCUT2D eigenvalue weighted by Gasteiger charge is -2.36. The van der Waals surface area contributed by atoms with Crippen molar-refractivity contribution in [3.05, 3.63) is 81.5 Å². The molecule has 1 aliphatic heterocycles. The summed E-state index contributed by atoms with van der Waals surface area (Å²) in [4.78, 5) is 28.1. The second-order valence-corrected chi connectivity index (χ2v) is 13.4. The van der Waals surface area contributed by atoms with Crippen LogP contribution in [-0.4, -0.2) is 54.1 Å². The number of likely N-dealkylation sites (N-methyl/N-ethyl adjacent to an activating group) is 1. The molecule has 2 heterocycles. The Morgan fingerprint density at radius 3 is 2.39 bits per heavy atom. The van der Waals surface area contributed by atoms with Crippen LogP contribution in [-0.2, 0) is 9.47 Å². The lowest BCUT2D eigenvalue weighted by atomic mass is 9.85. The fraction of sp³-hybridized carbons (Fsp3) is 0.500. The molecule has 0 bridgehead atoms. The summed E-state index contributed by atoms with van der Waals surface area (Å²) in [6.45, 7) is 3.54. The Bertz CT molecular complexity index is 1610. The number of rotatable bonds is 18. The van der Waals surface area contributed by atoms with Crippen LogP contribution in [0.2, 0.25) is 5.02 Å². The number of piperidine rings is 1. The number of ether oxygens (including phenoxy) is 2. The number of halogens is 1. The van der Waals surface area contributed by atoms with Crippen LogP contribution in [0, 0.1) is 0 Å². The molecule has 49 heavy (non-hydrogen) atoms. The third kappa shape index (κ3) is 11.4.